The lowest BCUT2D eigenvalue weighted by Gasteiger charge is -2.29. The van der Waals surface area contributed by atoms with Gasteiger partial charge < -0.3 is 10.4 Å². The van der Waals surface area contributed by atoms with Crippen molar-refractivity contribution in [1.82, 2.24) is 10.3 Å². The van der Waals surface area contributed by atoms with Crippen LogP contribution >= 0.6 is 0 Å². The smallest absolute Gasteiger partial charge is 0.391 e. The Bertz CT molecular complexity index is 554. The molecule has 1 atom stereocenters. The lowest BCUT2D eigenvalue weighted by molar-refractivity contribution is -0.182. The second kappa shape index (κ2) is 8.45. The molecule has 1 saturated carbocycles. The number of nitrogens with zero attached hydrogens (tertiary/aromatic N) is 1. The van der Waals surface area contributed by atoms with Crippen LogP contribution in [-0.4, -0.2) is 28.9 Å². The second-order valence-corrected chi connectivity index (χ2v) is 7.17. The first kappa shape index (κ1) is 20.1. The minimum atomic E-state index is -4.13. The number of aliphatic hydroxyl groups excluding tert-OH is 1. The maximum atomic E-state index is 14.0. The van der Waals surface area contributed by atoms with Crippen molar-refractivity contribution in [3.05, 3.63) is 29.3 Å². The Morgan fingerprint density at radius 3 is 2.36 bits per heavy atom. The molecule has 25 heavy (non-hydrogen) atoms. The third-order valence-corrected chi connectivity index (χ3v) is 5.08. The van der Waals surface area contributed by atoms with Gasteiger partial charge in [0.15, 0.2) is 0 Å². The Balaban J connectivity index is 2.02. The minimum absolute atomic E-state index is 0.0551. The fraction of sp³-hybridized carbons (Fsp3) is 0.722. The zero-order valence-electron chi connectivity index (χ0n) is 14.6. The Kier molecular flexibility index (Phi) is 6.79. The molecule has 7 heteroatoms. The second-order valence-electron chi connectivity index (χ2n) is 7.17. The third kappa shape index (κ3) is 5.38. The summed E-state index contributed by atoms with van der Waals surface area (Å²) in [5.74, 6) is -1.55. The summed E-state index contributed by atoms with van der Waals surface area (Å²) >= 11 is 0. The number of hydrogen-bond acceptors (Lipinski definition) is 3. The summed E-state index contributed by atoms with van der Waals surface area (Å²) in [6.45, 7) is 4.03. The highest BCUT2D eigenvalue weighted by molar-refractivity contribution is 5.17. The lowest BCUT2D eigenvalue weighted by Crippen LogP contribution is -2.37. The van der Waals surface area contributed by atoms with Crippen LogP contribution in [0.1, 0.15) is 56.8 Å². The van der Waals surface area contributed by atoms with E-state index in [9.17, 15) is 22.7 Å². The highest BCUT2D eigenvalue weighted by atomic mass is 19.4. The molecule has 1 aliphatic rings. The summed E-state index contributed by atoms with van der Waals surface area (Å²) in [7, 11) is 0. The van der Waals surface area contributed by atoms with E-state index in [4.69, 9.17) is 0 Å². The summed E-state index contributed by atoms with van der Waals surface area (Å²) in [6, 6.07) is 2.74. The normalized spacial score (nSPS) is 23.0. The van der Waals surface area contributed by atoms with Crippen LogP contribution in [0.5, 0.6) is 0 Å². The van der Waals surface area contributed by atoms with Crippen molar-refractivity contribution in [2.24, 2.45) is 11.8 Å². The van der Waals surface area contributed by atoms with Gasteiger partial charge in [0.1, 0.15) is 5.82 Å². The van der Waals surface area contributed by atoms with Gasteiger partial charge in [0.25, 0.3) is 0 Å². The van der Waals surface area contributed by atoms with Crippen LogP contribution < -0.4 is 5.32 Å². The Labute approximate surface area is 145 Å². The number of nitrogens with one attached hydrogen (secondary N) is 1. The average molecular weight is 362 g/mol. The van der Waals surface area contributed by atoms with Gasteiger partial charge in [-0.25, -0.2) is 4.39 Å². The lowest BCUT2D eigenvalue weighted by atomic mass is 9.80. The van der Waals surface area contributed by atoms with Gasteiger partial charge in [-0.15, -0.1) is 0 Å². The maximum Gasteiger partial charge on any atom is 0.391 e. The van der Waals surface area contributed by atoms with Crippen LogP contribution in [0.25, 0.3) is 0 Å². The van der Waals surface area contributed by atoms with Gasteiger partial charge in [-0.05, 0) is 43.7 Å². The maximum absolute atomic E-state index is 14.0. The van der Waals surface area contributed by atoms with Crippen molar-refractivity contribution in [3.8, 4) is 0 Å². The van der Waals surface area contributed by atoms with Crippen molar-refractivity contribution in [1.29, 1.82) is 0 Å². The quantitative estimate of drug-likeness (QED) is 0.747. The highest BCUT2D eigenvalue weighted by Gasteiger charge is 2.41. The topological polar surface area (TPSA) is 45.1 Å². The molecule has 142 valence electrons. The van der Waals surface area contributed by atoms with Gasteiger partial charge in [0, 0.05) is 24.2 Å². The molecule has 3 nitrogen and oxygen atoms in total. The predicted octanol–water partition coefficient (Wildman–Crippen LogP) is 4.16. The molecule has 2 rings (SSSR count). The molecular formula is C18H26F4N2O. The fourth-order valence-electron chi connectivity index (χ4n) is 3.31. The number of hydrogen-bond donors (Lipinski definition) is 2. The zero-order valence-corrected chi connectivity index (χ0v) is 14.6. The van der Waals surface area contributed by atoms with Crippen LogP contribution in [0.3, 0.4) is 0 Å². The van der Waals surface area contributed by atoms with Crippen LogP contribution in [0.15, 0.2) is 12.1 Å². The SMILES string of the molecule is CC(C)[C@H](CO)NCc1nc(C2CCC(C(F)(F)F)CC2)ccc1F. The van der Waals surface area contributed by atoms with Crippen molar-refractivity contribution in [2.75, 3.05) is 6.61 Å². The molecule has 1 heterocycles. The van der Waals surface area contributed by atoms with Gasteiger partial charge in [-0.1, -0.05) is 13.8 Å². The minimum Gasteiger partial charge on any atom is -0.395 e. The van der Waals surface area contributed by atoms with Gasteiger partial charge in [0.2, 0.25) is 0 Å². The van der Waals surface area contributed by atoms with Gasteiger partial charge in [0.05, 0.1) is 18.2 Å². The molecule has 0 spiro atoms. The number of aromatic nitrogens is 1. The van der Waals surface area contributed by atoms with Crippen LogP contribution in [0.4, 0.5) is 17.6 Å². The summed E-state index contributed by atoms with van der Waals surface area (Å²) in [4.78, 5) is 4.35. The van der Waals surface area contributed by atoms with E-state index in [1.807, 2.05) is 13.8 Å². The predicted molar refractivity (Wildman–Crippen MR) is 87.5 cm³/mol. The monoisotopic (exact) mass is 362 g/mol. The van der Waals surface area contributed by atoms with E-state index in [-0.39, 0.29) is 49.6 Å². The molecular weight excluding hydrogens is 336 g/mol. The van der Waals surface area contributed by atoms with Gasteiger partial charge in [-0.3, -0.25) is 4.98 Å². The zero-order chi connectivity index (χ0) is 18.6. The first-order valence-electron chi connectivity index (χ1n) is 8.78. The molecule has 0 saturated heterocycles. The summed E-state index contributed by atoms with van der Waals surface area (Å²) in [5, 5.41) is 12.4. The number of alkyl halides is 3. The number of halogens is 4. The van der Waals surface area contributed by atoms with Crippen molar-refractivity contribution in [3.63, 3.8) is 0 Å². The molecule has 0 bridgehead atoms. The molecule has 0 aliphatic heterocycles. The Morgan fingerprint density at radius 1 is 1.20 bits per heavy atom. The van der Waals surface area contributed by atoms with E-state index in [1.54, 1.807) is 6.07 Å². The standard InChI is InChI=1S/C18H26F4N2O/c1-11(2)17(10-25)23-9-16-14(19)7-8-15(24-16)12-3-5-13(6-4-12)18(20,21)22/h7-8,11-13,17,23,25H,3-6,9-10H2,1-2H3/t12?,13?,17-/m0/s1. The molecule has 0 aromatic carbocycles. The van der Waals surface area contributed by atoms with E-state index in [1.165, 1.54) is 6.07 Å². The van der Waals surface area contributed by atoms with Crippen LogP contribution in [0, 0.1) is 17.7 Å². The number of pyridine rings is 1. The van der Waals surface area contributed by atoms with Crippen molar-refractivity contribution in [2.45, 2.75) is 64.2 Å². The van der Waals surface area contributed by atoms with E-state index in [0.717, 1.165) is 0 Å². The molecule has 0 radical (unpaired) electrons. The summed E-state index contributed by atoms with van der Waals surface area (Å²) < 4.78 is 52.3. The summed E-state index contributed by atoms with van der Waals surface area (Å²) in [6.07, 6.45) is -3.10. The molecule has 1 aliphatic carbocycles. The van der Waals surface area contributed by atoms with Crippen LogP contribution in [0.2, 0.25) is 0 Å². The number of rotatable bonds is 6. The molecule has 1 aromatic heterocycles. The largest absolute Gasteiger partial charge is 0.395 e. The van der Waals surface area contributed by atoms with E-state index >= 15 is 0 Å². The van der Waals surface area contributed by atoms with Gasteiger partial charge >= 0.3 is 6.18 Å². The van der Waals surface area contributed by atoms with E-state index in [2.05, 4.69) is 10.3 Å². The molecule has 0 unspecified atom stereocenters. The van der Waals surface area contributed by atoms with Crippen molar-refractivity contribution >= 4 is 0 Å². The molecule has 2 N–H and O–H groups in total. The molecule has 0 amide bonds. The molecule has 1 fully saturated rings. The summed E-state index contributed by atoms with van der Waals surface area (Å²) in [5.41, 5.74) is 0.901. The fourth-order valence-corrected chi connectivity index (χ4v) is 3.31. The average Bonchev–Trinajstić information content (AvgIpc) is 2.56. The number of aliphatic hydroxyl groups is 1. The highest BCUT2D eigenvalue weighted by Crippen LogP contribution is 2.42. The van der Waals surface area contributed by atoms with Crippen LogP contribution in [-0.2, 0) is 6.54 Å². The third-order valence-electron chi connectivity index (χ3n) is 5.08. The van der Waals surface area contributed by atoms with Gasteiger partial charge in [-0.2, -0.15) is 13.2 Å². The van der Waals surface area contributed by atoms with E-state index in [0.29, 0.717) is 18.5 Å². The first-order chi connectivity index (χ1) is 11.7. The molecule has 1 aromatic rings. The van der Waals surface area contributed by atoms with Crippen molar-refractivity contribution < 1.29 is 22.7 Å². The Morgan fingerprint density at radius 2 is 1.84 bits per heavy atom. The Hall–Kier alpha value is -1.21. The van der Waals surface area contributed by atoms with E-state index < -0.39 is 17.9 Å². The first-order valence-corrected chi connectivity index (χ1v) is 8.78.